The van der Waals surface area contributed by atoms with E-state index in [0.717, 1.165) is 5.56 Å². The minimum atomic E-state index is -4.76. The number of halogens is 4. The van der Waals surface area contributed by atoms with Crippen LogP contribution in [0.1, 0.15) is 17.2 Å². The Morgan fingerprint density at radius 2 is 1.70 bits per heavy atom. The molecular weight excluding hydrogens is 404 g/mol. The quantitative estimate of drug-likeness (QED) is 0.689. The van der Waals surface area contributed by atoms with Crippen molar-refractivity contribution in [1.82, 2.24) is 10.2 Å². The van der Waals surface area contributed by atoms with Crippen LogP contribution in [0.5, 0.6) is 5.75 Å². The SMILES string of the molecule is O=C(Cc1ccc(OC(F)(F)F)cc1)NCC(c1ccc(F)cc1)N1CCOCC1. The van der Waals surface area contributed by atoms with E-state index < -0.39 is 6.36 Å². The topological polar surface area (TPSA) is 50.8 Å². The Kier molecular flexibility index (Phi) is 7.28. The molecule has 5 nitrogen and oxygen atoms in total. The molecule has 1 unspecified atom stereocenters. The molecule has 1 amide bonds. The molecule has 1 N–H and O–H groups in total. The van der Waals surface area contributed by atoms with E-state index in [-0.39, 0.29) is 29.9 Å². The molecular formula is C21H22F4N2O3. The van der Waals surface area contributed by atoms with E-state index in [2.05, 4.69) is 15.0 Å². The second kappa shape index (κ2) is 9.90. The van der Waals surface area contributed by atoms with E-state index in [1.54, 1.807) is 12.1 Å². The summed E-state index contributed by atoms with van der Waals surface area (Å²) >= 11 is 0. The van der Waals surface area contributed by atoms with Crippen LogP contribution in [0.2, 0.25) is 0 Å². The van der Waals surface area contributed by atoms with Gasteiger partial charge in [-0.05, 0) is 35.4 Å². The Labute approximate surface area is 171 Å². The van der Waals surface area contributed by atoms with Gasteiger partial charge in [0.05, 0.1) is 25.7 Å². The third-order valence-corrected chi connectivity index (χ3v) is 4.76. The summed E-state index contributed by atoms with van der Waals surface area (Å²) in [5, 5.41) is 2.87. The van der Waals surface area contributed by atoms with Crippen molar-refractivity contribution in [2.24, 2.45) is 0 Å². The number of morpholine rings is 1. The van der Waals surface area contributed by atoms with E-state index >= 15 is 0 Å². The molecule has 30 heavy (non-hydrogen) atoms. The Hall–Kier alpha value is -2.65. The monoisotopic (exact) mass is 426 g/mol. The molecule has 2 aromatic rings. The summed E-state index contributed by atoms with van der Waals surface area (Å²) in [5.41, 5.74) is 1.44. The highest BCUT2D eigenvalue weighted by Gasteiger charge is 2.31. The Bertz CT molecular complexity index is 820. The molecule has 1 aliphatic heterocycles. The fraction of sp³-hybridized carbons (Fsp3) is 0.381. The number of carbonyl (C=O) groups excluding carboxylic acids is 1. The smallest absolute Gasteiger partial charge is 0.406 e. The third kappa shape index (κ3) is 6.70. The molecule has 1 fully saturated rings. The molecule has 1 atom stereocenters. The fourth-order valence-corrected chi connectivity index (χ4v) is 3.30. The van der Waals surface area contributed by atoms with Crippen LogP contribution in [0.15, 0.2) is 48.5 Å². The first-order valence-corrected chi connectivity index (χ1v) is 9.49. The molecule has 0 spiro atoms. The van der Waals surface area contributed by atoms with Gasteiger partial charge in [-0.15, -0.1) is 13.2 Å². The fourth-order valence-electron chi connectivity index (χ4n) is 3.30. The van der Waals surface area contributed by atoms with Gasteiger partial charge in [-0.3, -0.25) is 9.69 Å². The van der Waals surface area contributed by atoms with Gasteiger partial charge in [0, 0.05) is 19.6 Å². The predicted molar refractivity (Wildman–Crippen MR) is 101 cm³/mol. The van der Waals surface area contributed by atoms with E-state index in [9.17, 15) is 22.4 Å². The first-order valence-electron chi connectivity index (χ1n) is 9.49. The van der Waals surface area contributed by atoms with E-state index in [1.807, 2.05) is 0 Å². The summed E-state index contributed by atoms with van der Waals surface area (Å²) in [4.78, 5) is 14.5. The number of carbonyl (C=O) groups is 1. The number of nitrogens with zero attached hydrogens (tertiary/aromatic N) is 1. The molecule has 0 radical (unpaired) electrons. The normalized spacial score (nSPS) is 16.1. The molecule has 1 saturated heterocycles. The Morgan fingerprint density at radius 1 is 1.07 bits per heavy atom. The summed E-state index contributed by atoms with van der Waals surface area (Å²) < 4.78 is 59.2. The second-order valence-electron chi connectivity index (χ2n) is 6.89. The molecule has 9 heteroatoms. The number of alkyl halides is 3. The van der Waals surface area contributed by atoms with Crippen molar-refractivity contribution in [3.05, 3.63) is 65.5 Å². The van der Waals surface area contributed by atoms with Gasteiger partial charge in [-0.1, -0.05) is 24.3 Å². The van der Waals surface area contributed by atoms with Gasteiger partial charge in [0.15, 0.2) is 0 Å². The van der Waals surface area contributed by atoms with Crippen molar-refractivity contribution in [1.29, 1.82) is 0 Å². The molecule has 1 heterocycles. The van der Waals surface area contributed by atoms with Gasteiger partial charge in [0.25, 0.3) is 0 Å². The van der Waals surface area contributed by atoms with Gasteiger partial charge in [-0.2, -0.15) is 0 Å². The maximum atomic E-state index is 13.3. The highest BCUT2D eigenvalue weighted by atomic mass is 19.4. The van der Waals surface area contributed by atoms with Crippen LogP contribution in [0.4, 0.5) is 17.6 Å². The number of ether oxygens (including phenoxy) is 2. The van der Waals surface area contributed by atoms with E-state index in [4.69, 9.17) is 4.74 Å². The first kappa shape index (κ1) is 22.0. The number of rotatable bonds is 7. The highest BCUT2D eigenvalue weighted by molar-refractivity contribution is 5.78. The highest BCUT2D eigenvalue weighted by Crippen LogP contribution is 2.23. The molecule has 0 saturated carbocycles. The van der Waals surface area contributed by atoms with Crippen molar-refractivity contribution in [3.8, 4) is 5.75 Å². The number of nitrogens with one attached hydrogen (secondary N) is 1. The second-order valence-corrected chi connectivity index (χ2v) is 6.89. The molecule has 0 bridgehead atoms. The van der Waals surface area contributed by atoms with Gasteiger partial charge in [-0.25, -0.2) is 4.39 Å². The van der Waals surface area contributed by atoms with Crippen LogP contribution in [0, 0.1) is 5.82 Å². The van der Waals surface area contributed by atoms with Crippen LogP contribution in [0.25, 0.3) is 0 Å². The maximum absolute atomic E-state index is 13.3. The number of hydrogen-bond donors (Lipinski definition) is 1. The minimum Gasteiger partial charge on any atom is -0.406 e. The Balaban J connectivity index is 1.59. The zero-order valence-corrected chi connectivity index (χ0v) is 16.1. The average molecular weight is 426 g/mol. The van der Waals surface area contributed by atoms with Gasteiger partial charge >= 0.3 is 6.36 Å². The van der Waals surface area contributed by atoms with Crippen molar-refractivity contribution < 1.29 is 31.8 Å². The van der Waals surface area contributed by atoms with Gasteiger partial charge in [0.2, 0.25) is 5.91 Å². The molecule has 3 rings (SSSR count). The third-order valence-electron chi connectivity index (χ3n) is 4.76. The largest absolute Gasteiger partial charge is 0.573 e. The number of amides is 1. The number of hydrogen-bond acceptors (Lipinski definition) is 4. The zero-order chi connectivity index (χ0) is 21.6. The lowest BCUT2D eigenvalue weighted by atomic mass is 10.0. The van der Waals surface area contributed by atoms with Crippen molar-refractivity contribution in [2.75, 3.05) is 32.8 Å². The predicted octanol–water partition coefficient (Wildman–Crippen LogP) is 3.46. The van der Waals surface area contributed by atoms with Crippen LogP contribution >= 0.6 is 0 Å². The maximum Gasteiger partial charge on any atom is 0.573 e. The van der Waals surface area contributed by atoms with Crippen LogP contribution < -0.4 is 10.1 Å². The first-order chi connectivity index (χ1) is 14.3. The molecule has 2 aromatic carbocycles. The lowest BCUT2D eigenvalue weighted by Crippen LogP contribution is -2.44. The molecule has 162 valence electrons. The van der Waals surface area contributed by atoms with E-state index in [1.165, 1.54) is 36.4 Å². The Morgan fingerprint density at radius 3 is 2.30 bits per heavy atom. The summed E-state index contributed by atoms with van der Waals surface area (Å²) in [7, 11) is 0. The summed E-state index contributed by atoms with van der Waals surface area (Å²) in [6.45, 7) is 2.87. The van der Waals surface area contributed by atoms with Crippen LogP contribution in [0.3, 0.4) is 0 Å². The molecule has 0 aromatic heterocycles. The van der Waals surface area contributed by atoms with Crippen molar-refractivity contribution in [2.45, 2.75) is 18.8 Å². The van der Waals surface area contributed by atoms with Crippen molar-refractivity contribution in [3.63, 3.8) is 0 Å². The lowest BCUT2D eigenvalue weighted by molar-refractivity contribution is -0.274. The lowest BCUT2D eigenvalue weighted by Gasteiger charge is -2.35. The zero-order valence-electron chi connectivity index (χ0n) is 16.1. The van der Waals surface area contributed by atoms with Crippen molar-refractivity contribution >= 4 is 5.91 Å². The summed E-state index contributed by atoms with van der Waals surface area (Å²) in [6.07, 6.45) is -4.74. The van der Waals surface area contributed by atoms with E-state index in [0.29, 0.717) is 38.4 Å². The average Bonchev–Trinajstić information content (AvgIpc) is 2.71. The van der Waals surface area contributed by atoms with Gasteiger partial charge < -0.3 is 14.8 Å². The summed E-state index contributed by atoms with van der Waals surface area (Å²) in [6, 6.07) is 11.2. The minimum absolute atomic E-state index is 0.0194. The molecule has 1 aliphatic rings. The molecule has 0 aliphatic carbocycles. The standard InChI is InChI=1S/C21H22F4N2O3/c22-17-5-3-16(4-6-17)19(27-9-11-29-12-10-27)14-26-20(28)13-15-1-7-18(8-2-15)30-21(23,24)25/h1-8,19H,9-14H2,(H,26,28). The van der Waals surface area contributed by atoms with Crippen LogP contribution in [-0.4, -0.2) is 50.0 Å². The number of benzene rings is 2. The van der Waals surface area contributed by atoms with Gasteiger partial charge in [0.1, 0.15) is 11.6 Å². The summed E-state index contributed by atoms with van der Waals surface area (Å²) in [5.74, 6) is -0.934. The van der Waals surface area contributed by atoms with Crippen LogP contribution in [-0.2, 0) is 16.0 Å².